The molecule has 0 spiro atoms. The summed E-state index contributed by atoms with van der Waals surface area (Å²) in [5, 5.41) is 14.6. The number of aromatic amines is 1. The van der Waals surface area contributed by atoms with Gasteiger partial charge in [0.1, 0.15) is 5.76 Å². The first-order chi connectivity index (χ1) is 14.6. The Morgan fingerprint density at radius 1 is 1.20 bits per heavy atom. The molecule has 2 N–H and O–H groups in total. The second kappa shape index (κ2) is 9.24. The first-order valence-corrected chi connectivity index (χ1v) is 10.7. The van der Waals surface area contributed by atoms with Gasteiger partial charge in [0.2, 0.25) is 5.91 Å². The van der Waals surface area contributed by atoms with E-state index in [0.717, 1.165) is 54.8 Å². The SMILES string of the molecule is Cc1noc(C)c1CCC(=O)NCC1CCC(c2[nH]ncc2-c2ccncc2)CC1. The van der Waals surface area contributed by atoms with E-state index in [4.69, 9.17) is 4.52 Å². The Kier molecular flexibility index (Phi) is 6.26. The second-order valence-corrected chi connectivity index (χ2v) is 8.26. The van der Waals surface area contributed by atoms with Gasteiger partial charge < -0.3 is 9.84 Å². The summed E-state index contributed by atoms with van der Waals surface area (Å²) in [6.07, 6.45) is 11.1. The monoisotopic (exact) mass is 407 g/mol. The van der Waals surface area contributed by atoms with E-state index in [9.17, 15) is 4.79 Å². The zero-order valence-corrected chi connectivity index (χ0v) is 17.6. The van der Waals surface area contributed by atoms with Crippen molar-refractivity contribution in [3.05, 3.63) is 53.4 Å². The number of hydrogen-bond donors (Lipinski definition) is 2. The minimum Gasteiger partial charge on any atom is -0.361 e. The molecule has 3 heterocycles. The summed E-state index contributed by atoms with van der Waals surface area (Å²) in [6.45, 7) is 4.57. The fourth-order valence-corrected chi connectivity index (χ4v) is 4.47. The van der Waals surface area contributed by atoms with Crippen molar-refractivity contribution < 1.29 is 9.32 Å². The van der Waals surface area contributed by atoms with Crippen LogP contribution in [0.1, 0.15) is 60.7 Å². The fraction of sp³-hybridized carbons (Fsp3) is 0.478. The Bertz CT molecular complexity index is 951. The van der Waals surface area contributed by atoms with Crippen LogP contribution < -0.4 is 5.32 Å². The lowest BCUT2D eigenvalue weighted by Crippen LogP contribution is -2.31. The molecule has 3 aromatic heterocycles. The third-order valence-corrected chi connectivity index (χ3v) is 6.29. The van der Waals surface area contributed by atoms with Gasteiger partial charge in [-0.1, -0.05) is 5.16 Å². The van der Waals surface area contributed by atoms with E-state index < -0.39 is 0 Å². The van der Waals surface area contributed by atoms with Gasteiger partial charge in [0.25, 0.3) is 0 Å². The van der Waals surface area contributed by atoms with Crippen molar-refractivity contribution in [3.8, 4) is 11.1 Å². The van der Waals surface area contributed by atoms with Crippen LogP contribution in [0.5, 0.6) is 0 Å². The highest BCUT2D eigenvalue weighted by Crippen LogP contribution is 2.38. The summed E-state index contributed by atoms with van der Waals surface area (Å²) in [6, 6.07) is 4.05. The third kappa shape index (κ3) is 4.61. The molecule has 4 rings (SSSR count). The standard InChI is InChI=1S/C23H29N5O2/c1-15-20(16(2)30-28-15)7-8-22(29)25-13-17-3-5-19(6-4-17)23-21(14-26-27-23)18-9-11-24-12-10-18/h9-12,14,17,19H,3-8,13H2,1-2H3,(H,25,29)(H,26,27). The van der Waals surface area contributed by atoms with Gasteiger partial charge in [0.15, 0.2) is 0 Å². The van der Waals surface area contributed by atoms with E-state index in [-0.39, 0.29) is 5.91 Å². The highest BCUT2D eigenvalue weighted by molar-refractivity contribution is 5.76. The number of carbonyl (C=O) groups excluding carboxylic acids is 1. The van der Waals surface area contributed by atoms with Gasteiger partial charge in [-0.3, -0.25) is 14.9 Å². The number of rotatable bonds is 7. The lowest BCUT2D eigenvalue weighted by atomic mass is 9.79. The van der Waals surface area contributed by atoms with Crippen LogP contribution in [0.25, 0.3) is 11.1 Å². The molecule has 1 saturated carbocycles. The molecule has 0 aromatic carbocycles. The molecule has 7 heteroatoms. The Morgan fingerprint density at radius 2 is 1.97 bits per heavy atom. The maximum absolute atomic E-state index is 12.3. The minimum atomic E-state index is 0.102. The average molecular weight is 408 g/mol. The van der Waals surface area contributed by atoms with Gasteiger partial charge >= 0.3 is 0 Å². The molecule has 1 fully saturated rings. The molecule has 7 nitrogen and oxygen atoms in total. The third-order valence-electron chi connectivity index (χ3n) is 6.29. The molecule has 0 saturated heterocycles. The summed E-state index contributed by atoms with van der Waals surface area (Å²) < 4.78 is 5.17. The van der Waals surface area contributed by atoms with Crippen LogP contribution in [0.2, 0.25) is 0 Å². The van der Waals surface area contributed by atoms with Crippen molar-refractivity contribution in [2.24, 2.45) is 5.92 Å². The number of nitrogens with zero attached hydrogens (tertiary/aromatic N) is 3. The number of amides is 1. The van der Waals surface area contributed by atoms with Crippen LogP contribution in [0.4, 0.5) is 0 Å². The highest BCUT2D eigenvalue weighted by Gasteiger charge is 2.26. The minimum absolute atomic E-state index is 0.102. The molecule has 1 aliphatic rings. The van der Waals surface area contributed by atoms with Crippen LogP contribution in [0, 0.1) is 19.8 Å². The van der Waals surface area contributed by atoms with Crippen LogP contribution in [0.15, 0.2) is 35.2 Å². The van der Waals surface area contributed by atoms with Crippen molar-refractivity contribution >= 4 is 5.91 Å². The second-order valence-electron chi connectivity index (χ2n) is 8.26. The predicted octanol–water partition coefficient (Wildman–Crippen LogP) is 4.10. The van der Waals surface area contributed by atoms with Crippen molar-refractivity contribution in [1.82, 2.24) is 25.7 Å². The number of H-pyrrole nitrogens is 1. The number of pyridine rings is 1. The van der Waals surface area contributed by atoms with Crippen LogP contribution in [-0.2, 0) is 11.2 Å². The summed E-state index contributed by atoms with van der Waals surface area (Å²) in [5.41, 5.74) is 5.48. The quantitative estimate of drug-likeness (QED) is 0.615. The molecule has 1 aliphatic carbocycles. The molecule has 0 atom stereocenters. The summed E-state index contributed by atoms with van der Waals surface area (Å²) in [7, 11) is 0. The van der Waals surface area contributed by atoms with Crippen LogP contribution in [0.3, 0.4) is 0 Å². The maximum atomic E-state index is 12.3. The summed E-state index contributed by atoms with van der Waals surface area (Å²) in [4.78, 5) is 16.4. The van der Waals surface area contributed by atoms with Crippen molar-refractivity contribution in [2.45, 2.75) is 58.3 Å². The predicted molar refractivity (Wildman–Crippen MR) is 114 cm³/mol. The number of aryl methyl sites for hydroxylation is 2. The van der Waals surface area contributed by atoms with Gasteiger partial charge in [0.05, 0.1) is 11.9 Å². The number of hydrogen-bond acceptors (Lipinski definition) is 5. The Morgan fingerprint density at radius 3 is 2.67 bits per heavy atom. The maximum Gasteiger partial charge on any atom is 0.220 e. The van der Waals surface area contributed by atoms with Gasteiger partial charge in [0, 0.05) is 48.1 Å². The van der Waals surface area contributed by atoms with Gasteiger partial charge in [-0.25, -0.2) is 0 Å². The molecule has 1 amide bonds. The zero-order chi connectivity index (χ0) is 20.9. The molecule has 0 unspecified atom stereocenters. The Hall–Kier alpha value is -2.96. The van der Waals surface area contributed by atoms with E-state index in [0.29, 0.717) is 24.7 Å². The van der Waals surface area contributed by atoms with Gasteiger partial charge in [-0.2, -0.15) is 5.10 Å². The topological polar surface area (TPSA) is 96.7 Å². The van der Waals surface area contributed by atoms with E-state index >= 15 is 0 Å². The fourth-order valence-electron chi connectivity index (χ4n) is 4.47. The smallest absolute Gasteiger partial charge is 0.220 e. The molecule has 158 valence electrons. The number of nitrogens with one attached hydrogen (secondary N) is 2. The van der Waals surface area contributed by atoms with Crippen molar-refractivity contribution in [1.29, 1.82) is 0 Å². The van der Waals surface area contributed by atoms with E-state index in [1.807, 2.05) is 44.6 Å². The lowest BCUT2D eigenvalue weighted by Gasteiger charge is -2.28. The summed E-state index contributed by atoms with van der Waals surface area (Å²) in [5.74, 6) is 1.94. The Balaban J connectivity index is 1.24. The van der Waals surface area contributed by atoms with Crippen LogP contribution in [-0.4, -0.2) is 32.8 Å². The van der Waals surface area contributed by atoms with Crippen molar-refractivity contribution in [2.75, 3.05) is 6.54 Å². The normalized spacial score (nSPS) is 19.0. The molecule has 30 heavy (non-hydrogen) atoms. The van der Waals surface area contributed by atoms with E-state index in [1.165, 1.54) is 11.3 Å². The summed E-state index contributed by atoms with van der Waals surface area (Å²) >= 11 is 0. The van der Waals surface area contributed by atoms with E-state index in [2.05, 4.69) is 25.7 Å². The molecular weight excluding hydrogens is 378 g/mol. The average Bonchev–Trinajstić information content (AvgIpc) is 3.39. The molecule has 0 radical (unpaired) electrons. The largest absolute Gasteiger partial charge is 0.361 e. The molecule has 3 aromatic rings. The Labute approximate surface area is 176 Å². The van der Waals surface area contributed by atoms with Crippen molar-refractivity contribution in [3.63, 3.8) is 0 Å². The molecule has 0 bridgehead atoms. The lowest BCUT2D eigenvalue weighted by molar-refractivity contribution is -0.121. The van der Waals surface area contributed by atoms with Gasteiger partial charge in [-0.15, -0.1) is 0 Å². The number of carbonyl (C=O) groups is 1. The first-order valence-electron chi connectivity index (χ1n) is 10.7. The first kappa shape index (κ1) is 20.3. The molecular formula is C23H29N5O2. The zero-order valence-electron chi connectivity index (χ0n) is 17.6. The van der Waals surface area contributed by atoms with Crippen LogP contribution >= 0.6 is 0 Å². The number of aromatic nitrogens is 4. The highest BCUT2D eigenvalue weighted by atomic mass is 16.5. The van der Waals surface area contributed by atoms with E-state index in [1.54, 1.807) is 0 Å². The molecule has 0 aliphatic heterocycles. The van der Waals surface area contributed by atoms with Gasteiger partial charge in [-0.05, 0) is 69.6 Å².